The number of carboxylic acids is 1. The number of urea groups is 1. The topological polar surface area (TPSA) is 95.0 Å². The first kappa shape index (κ1) is 23.7. The number of carboxylic acid groups (broad SMARTS) is 1. The van der Waals surface area contributed by atoms with Crippen LogP contribution < -0.4 is 5.32 Å². The summed E-state index contributed by atoms with van der Waals surface area (Å²) in [7, 11) is 0. The van der Waals surface area contributed by atoms with Gasteiger partial charge < -0.3 is 20.1 Å². The molecule has 1 aliphatic carbocycles. The van der Waals surface area contributed by atoms with E-state index in [0.29, 0.717) is 25.7 Å². The number of morpholine rings is 1. The third kappa shape index (κ3) is 7.04. The number of piperidine rings is 1. The van der Waals surface area contributed by atoms with Crippen molar-refractivity contribution < 1.29 is 32.6 Å². The van der Waals surface area contributed by atoms with Crippen molar-refractivity contribution in [1.29, 1.82) is 0 Å². The zero-order chi connectivity index (χ0) is 22.6. The monoisotopic (exact) mass is 464 g/mol. The molecule has 0 radical (unpaired) electrons. The molecule has 1 spiro atoms. The zero-order valence-corrected chi connectivity index (χ0v) is 18.1. The van der Waals surface area contributed by atoms with E-state index >= 15 is 0 Å². The van der Waals surface area contributed by atoms with Crippen LogP contribution in [0.4, 0.5) is 18.0 Å². The number of amides is 2. The lowest BCUT2D eigenvalue weighted by Gasteiger charge is -2.47. The summed E-state index contributed by atoms with van der Waals surface area (Å²) < 4.78 is 37.9. The Morgan fingerprint density at radius 2 is 2.06 bits per heavy atom. The SMILES string of the molecule is Cc1nc(CN2CCCC3(C2)CN(C(=O)NC2CC2)CCO3)cs1.O=C(O)C(F)(F)F. The second kappa shape index (κ2) is 9.70. The van der Waals surface area contributed by atoms with E-state index < -0.39 is 12.1 Å². The smallest absolute Gasteiger partial charge is 0.475 e. The number of rotatable bonds is 3. The van der Waals surface area contributed by atoms with Crippen LogP contribution >= 0.6 is 11.3 Å². The summed E-state index contributed by atoms with van der Waals surface area (Å²) in [6.45, 7) is 6.94. The number of hydrogen-bond acceptors (Lipinski definition) is 6. The molecule has 4 rings (SSSR count). The summed E-state index contributed by atoms with van der Waals surface area (Å²) in [5.41, 5.74) is 0.941. The van der Waals surface area contributed by atoms with Gasteiger partial charge in [0.05, 0.1) is 29.5 Å². The predicted octanol–water partition coefficient (Wildman–Crippen LogP) is 2.62. The zero-order valence-electron chi connectivity index (χ0n) is 17.3. The van der Waals surface area contributed by atoms with E-state index in [9.17, 15) is 18.0 Å². The Bertz CT molecular complexity index is 782. The number of likely N-dealkylation sites (tertiary alicyclic amines) is 1. The highest BCUT2D eigenvalue weighted by Crippen LogP contribution is 2.30. The van der Waals surface area contributed by atoms with E-state index in [0.717, 1.165) is 56.0 Å². The summed E-state index contributed by atoms with van der Waals surface area (Å²) in [5, 5.41) is 13.5. The number of carbonyl (C=O) groups excluding carboxylic acids is 1. The van der Waals surface area contributed by atoms with Crippen LogP contribution in [0, 0.1) is 6.92 Å². The molecule has 2 saturated heterocycles. The van der Waals surface area contributed by atoms with Crippen LogP contribution in [0.3, 0.4) is 0 Å². The molecule has 2 aliphatic heterocycles. The normalized spacial score (nSPS) is 24.5. The van der Waals surface area contributed by atoms with Gasteiger partial charge in [0, 0.05) is 31.1 Å². The minimum Gasteiger partial charge on any atom is -0.475 e. The molecule has 174 valence electrons. The molecule has 1 atom stereocenters. The van der Waals surface area contributed by atoms with Gasteiger partial charge in [-0.25, -0.2) is 14.6 Å². The van der Waals surface area contributed by atoms with Crippen molar-refractivity contribution in [1.82, 2.24) is 20.1 Å². The molecule has 3 heterocycles. The van der Waals surface area contributed by atoms with Crippen LogP contribution in [0.5, 0.6) is 0 Å². The number of halogens is 3. The first-order valence-electron chi connectivity index (χ1n) is 10.2. The van der Waals surface area contributed by atoms with E-state index in [1.807, 2.05) is 11.8 Å². The Hall–Kier alpha value is -1.92. The fourth-order valence-corrected chi connectivity index (χ4v) is 4.40. The third-order valence-corrected chi connectivity index (χ3v) is 6.18. The van der Waals surface area contributed by atoms with Gasteiger partial charge in [-0.15, -0.1) is 11.3 Å². The average Bonchev–Trinajstić information content (AvgIpc) is 3.41. The summed E-state index contributed by atoms with van der Waals surface area (Å²) in [4.78, 5) is 30.3. The Morgan fingerprint density at radius 1 is 1.35 bits per heavy atom. The molecule has 1 unspecified atom stereocenters. The molecule has 2 N–H and O–H groups in total. The van der Waals surface area contributed by atoms with Gasteiger partial charge in [-0.05, 0) is 39.2 Å². The van der Waals surface area contributed by atoms with Gasteiger partial charge in [-0.2, -0.15) is 13.2 Å². The Morgan fingerprint density at radius 3 is 2.65 bits per heavy atom. The van der Waals surface area contributed by atoms with Crippen LogP contribution in [-0.2, 0) is 16.1 Å². The molecule has 8 nitrogen and oxygen atoms in total. The van der Waals surface area contributed by atoms with Gasteiger partial charge in [-0.3, -0.25) is 4.90 Å². The van der Waals surface area contributed by atoms with Crippen molar-refractivity contribution in [3.05, 3.63) is 16.1 Å². The van der Waals surface area contributed by atoms with Gasteiger partial charge in [0.1, 0.15) is 0 Å². The molecular weight excluding hydrogens is 437 g/mol. The minimum absolute atomic E-state index is 0.0902. The number of nitrogens with zero attached hydrogens (tertiary/aromatic N) is 3. The van der Waals surface area contributed by atoms with Gasteiger partial charge in [-0.1, -0.05) is 0 Å². The maximum atomic E-state index is 12.4. The van der Waals surface area contributed by atoms with Gasteiger partial charge in [0.15, 0.2) is 0 Å². The molecule has 3 aliphatic rings. The number of alkyl halides is 3. The third-order valence-electron chi connectivity index (χ3n) is 5.35. The van der Waals surface area contributed by atoms with Crippen molar-refractivity contribution in [3.8, 4) is 0 Å². The van der Waals surface area contributed by atoms with Crippen LogP contribution in [0.25, 0.3) is 0 Å². The Balaban J connectivity index is 0.000000339. The van der Waals surface area contributed by atoms with E-state index in [1.165, 1.54) is 0 Å². The summed E-state index contributed by atoms with van der Waals surface area (Å²) >= 11 is 1.71. The van der Waals surface area contributed by atoms with Crippen molar-refractivity contribution >= 4 is 23.3 Å². The van der Waals surface area contributed by atoms with Crippen molar-refractivity contribution in [2.24, 2.45) is 0 Å². The van der Waals surface area contributed by atoms with E-state index in [-0.39, 0.29) is 11.6 Å². The fraction of sp³-hybridized carbons (Fsp3) is 0.737. The largest absolute Gasteiger partial charge is 0.490 e. The van der Waals surface area contributed by atoms with Crippen LogP contribution in [-0.4, -0.2) is 82.5 Å². The molecular formula is C19H27F3N4O4S. The molecule has 12 heteroatoms. The fourth-order valence-electron chi connectivity index (χ4n) is 3.79. The number of thiazole rings is 1. The molecule has 2 amide bonds. The van der Waals surface area contributed by atoms with Crippen molar-refractivity contribution in [3.63, 3.8) is 0 Å². The van der Waals surface area contributed by atoms with Crippen molar-refractivity contribution in [2.45, 2.75) is 57.0 Å². The highest BCUT2D eigenvalue weighted by Gasteiger charge is 2.42. The standard InChI is InChI=1S/C17H26N4O2S.C2HF3O2/c1-13-18-15(10-24-13)9-20-6-2-5-17(11-20)12-21(7-8-23-17)16(22)19-14-3-4-14;3-2(4,5)1(6)7/h10,14H,2-9,11-12H2,1H3,(H,19,22);(H,6,7). The second-order valence-corrected chi connectivity index (χ2v) is 9.21. The van der Waals surface area contributed by atoms with Crippen molar-refractivity contribution in [2.75, 3.05) is 32.8 Å². The van der Waals surface area contributed by atoms with Gasteiger partial charge in [0.2, 0.25) is 0 Å². The maximum Gasteiger partial charge on any atom is 0.490 e. The number of hydrogen-bond donors (Lipinski definition) is 2. The highest BCUT2D eigenvalue weighted by atomic mass is 32.1. The number of ether oxygens (including phenoxy) is 1. The number of nitrogens with one attached hydrogen (secondary N) is 1. The number of aryl methyl sites for hydroxylation is 1. The molecule has 1 aromatic heterocycles. The molecule has 31 heavy (non-hydrogen) atoms. The highest BCUT2D eigenvalue weighted by molar-refractivity contribution is 7.09. The van der Waals surface area contributed by atoms with Crippen LogP contribution in [0.15, 0.2) is 5.38 Å². The van der Waals surface area contributed by atoms with Crippen LogP contribution in [0.1, 0.15) is 36.4 Å². The summed E-state index contributed by atoms with van der Waals surface area (Å²) in [5.74, 6) is -2.76. The van der Waals surface area contributed by atoms with E-state index in [1.54, 1.807) is 11.3 Å². The van der Waals surface area contributed by atoms with Gasteiger partial charge >= 0.3 is 18.2 Å². The first-order valence-corrected chi connectivity index (χ1v) is 11.1. The molecule has 0 bridgehead atoms. The average molecular weight is 465 g/mol. The number of aromatic nitrogens is 1. The van der Waals surface area contributed by atoms with Gasteiger partial charge in [0.25, 0.3) is 0 Å². The Kier molecular flexibility index (Phi) is 7.43. The maximum absolute atomic E-state index is 12.4. The minimum atomic E-state index is -5.08. The Labute approximate surface area is 182 Å². The lowest BCUT2D eigenvalue weighted by Crippen LogP contribution is -2.61. The first-order chi connectivity index (χ1) is 14.6. The van der Waals surface area contributed by atoms with E-state index in [2.05, 4.69) is 20.6 Å². The molecule has 3 fully saturated rings. The molecule has 1 saturated carbocycles. The lowest BCUT2D eigenvalue weighted by atomic mass is 9.90. The predicted molar refractivity (Wildman–Crippen MR) is 107 cm³/mol. The van der Waals surface area contributed by atoms with E-state index in [4.69, 9.17) is 14.6 Å². The number of carbonyl (C=O) groups is 2. The molecule has 1 aromatic rings. The number of aliphatic carboxylic acids is 1. The lowest BCUT2D eigenvalue weighted by molar-refractivity contribution is -0.192. The quantitative estimate of drug-likeness (QED) is 0.714. The van der Waals surface area contributed by atoms with Crippen LogP contribution in [0.2, 0.25) is 0 Å². The summed E-state index contributed by atoms with van der Waals surface area (Å²) in [6.07, 6.45) is -0.682. The second-order valence-electron chi connectivity index (χ2n) is 8.15. The summed E-state index contributed by atoms with van der Waals surface area (Å²) in [6, 6.07) is 0.500. The molecule has 0 aromatic carbocycles.